The molecule has 0 saturated carbocycles. The fourth-order valence-corrected chi connectivity index (χ4v) is 2.48. The minimum absolute atomic E-state index is 0. The molecule has 0 atom stereocenters. The van der Waals surface area contributed by atoms with Crippen LogP contribution < -0.4 is 5.32 Å². The molecule has 0 saturated heterocycles. The maximum Gasteiger partial charge on any atom is 0.131 e. The molecule has 2 heterocycles. The van der Waals surface area contributed by atoms with E-state index in [0.717, 1.165) is 42.3 Å². The summed E-state index contributed by atoms with van der Waals surface area (Å²) in [6, 6.07) is 6.56. The molecule has 112 valence electrons. The van der Waals surface area contributed by atoms with E-state index in [1.54, 1.807) is 12.1 Å². The summed E-state index contributed by atoms with van der Waals surface area (Å²) in [5, 5.41) is 3.34. The number of nitrogens with zero attached hydrogens (tertiary/aromatic N) is 2. The fraction of sp³-hybridized carbons (Fsp3) is 0.375. The lowest BCUT2D eigenvalue weighted by Crippen LogP contribution is -2.26. The summed E-state index contributed by atoms with van der Waals surface area (Å²) in [5.74, 6) is 0.913. The molecule has 0 spiro atoms. The summed E-state index contributed by atoms with van der Waals surface area (Å²) in [4.78, 5) is 9.39. The maximum absolute atomic E-state index is 13.1. The van der Waals surface area contributed by atoms with Gasteiger partial charge in [-0.3, -0.25) is 0 Å². The van der Waals surface area contributed by atoms with Crippen molar-refractivity contribution in [2.24, 2.45) is 0 Å². The first-order chi connectivity index (χ1) is 9.65. The van der Waals surface area contributed by atoms with Crippen molar-refractivity contribution in [2.75, 3.05) is 6.54 Å². The topological polar surface area (TPSA) is 37.8 Å². The summed E-state index contributed by atoms with van der Waals surface area (Å²) in [5.41, 5.74) is 4.20. The molecule has 3 nitrogen and oxygen atoms in total. The van der Waals surface area contributed by atoms with Crippen molar-refractivity contribution >= 4 is 12.4 Å². The van der Waals surface area contributed by atoms with Crippen LogP contribution in [0.3, 0.4) is 0 Å². The van der Waals surface area contributed by atoms with E-state index in [4.69, 9.17) is 4.98 Å². The van der Waals surface area contributed by atoms with E-state index in [1.807, 2.05) is 0 Å². The molecule has 21 heavy (non-hydrogen) atoms. The number of fused-ring (bicyclic) bond motifs is 1. The number of nitrogens with one attached hydrogen (secondary N) is 1. The van der Waals surface area contributed by atoms with Crippen molar-refractivity contribution in [3.63, 3.8) is 0 Å². The highest BCUT2D eigenvalue weighted by Crippen LogP contribution is 2.27. The first-order valence-electron chi connectivity index (χ1n) is 7.01. The van der Waals surface area contributed by atoms with E-state index in [-0.39, 0.29) is 24.1 Å². The Morgan fingerprint density at radius 3 is 2.52 bits per heavy atom. The number of hydrogen-bond donors (Lipinski definition) is 1. The third kappa shape index (κ3) is 3.22. The van der Waals surface area contributed by atoms with Gasteiger partial charge in [0.2, 0.25) is 0 Å². The van der Waals surface area contributed by atoms with Crippen molar-refractivity contribution in [1.29, 1.82) is 0 Å². The molecule has 3 rings (SSSR count). The van der Waals surface area contributed by atoms with Crippen molar-refractivity contribution in [3.8, 4) is 11.3 Å². The van der Waals surface area contributed by atoms with Gasteiger partial charge in [0.05, 0.1) is 11.4 Å². The minimum Gasteiger partial charge on any atom is -0.311 e. The SMILES string of the molecule is CC(C)c1nc2c(c(-c3ccc(F)cc3)n1)CCNC2.Cl. The van der Waals surface area contributed by atoms with E-state index in [2.05, 4.69) is 24.1 Å². The van der Waals surface area contributed by atoms with Crippen LogP contribution in [0.15, 0.2) is 24.3 Å². The van der Waals surface area contributed by atoms with Crippen molar-refractivity contribution < 1.29 is 4.39 Å². The lowest BCUT2D eigenvalue weighted by Gasteiger charge is -2.21. The molecule has 0 unspecified atom stereocenters. The fourth-order valence-electron chi connectivity index (χ4n) is 2.48. The Morgan fingerprint density at radius 2 is 1.86 bits per heavy atom. The number of rotatable bonds is 2. The van der Waals surface area contributed by atoms with Crippen molar-refractivity contribution in [3.05, 3.63) is 47.2 Å². The third-order valence-corrected chi connectivity index (χ3v) is 3.59. The van der Waals surface area contributed by atoms with Gasteiger partial charge in [0.25, 0.3) is 0 Å². The second-order valence-corrected chi connectivity index (χ2v) is 5.44. The van der Waals surface area contributed by atoms with E-state index < -0.39 is 0 Å². The Labute approximate surface area is 130 Å². The molecule has 1 aliphatic heterocycles. The van der Waals surface area contributed by atoms with Gasteiger partial charge in [-0.2, -0.15) is 0 Å². The molecule has 0 fully saturated rings. The summed E-state index contributed by atoms with van der Waals surface area (Å²) >= 11 is 0. The molecule has 0 radical (unpaired) electrons. The predicted molar refractivity (Wildman–Crippen MR) is 84.2 cm³/mol. The standard InChI is InChI=1S/C16H18FN3.ClH/c1-10(2)16-19-14-9-18-8-7-13(14)15(20-16)11-3-5-12(17)6-4-11;/h3-6,10,18H,7-9H2,1-2H3;1H. The Bertz CT molecular complexity index is 626. The van der Waals surface area contributed by atoms with Gasteiger partial charge in [0.15, 0.2) is 0 Å². The van der Waals surface area contributed by atoms with Crippen LogP contribution in [0.25, 0.3) is 11.3 Å². The first-order valence-corrected chi connectivity index (χ1v) is 7.01. The van der Waals surface area contributed by atoms with Gasteiger partial charge < -0.3 is 5.32 Å². The zero-order valence-electron chi connectivity index (χ0n) is 12.2. The van der Waals surface area contributed by atoms with Crippen LogP contribution in [0.1, 0.15) is 36.8 Å². The van der Waals surface area contributed by atoms with E-state index in [9.17, 15) is 4.39 Å². The van der Waals surface area contributed by atoms with Crippen LogP contribution in [-0.2, 0) is 13.0 Å². The van der Waals surface area contributed by atoms with Crippen LogP contribution in [0.2, 0.25) is 0 Å². The van der Waals surface area contributed by atoms with Gasteiger partial charge in [0.1, 0.15) is 11.6 Å². The lowest BCUT2D eigenvalue weighted by molar-refractivity contribution is 0.612. The Balaban J connectivity index is 0.00000161. The van der Waals surface area contributed by atoms with Crippen LogP contribution in [-0.4, -0.2) is 16.5 Å². The molecular weight excluding hydrogens is 289 g/mol. The maximum atomic E-state index is 13.1. The summed E-state index contributed by atoms with van der Waals surface area (Å²) in [7, 11) is 0. The lowest BCUT2D eigenvalue weighted by atomic mass is 9.98. The average molecular weight is 308 g/mol. The summed E-state index contributed by atoms with van der Waals surface area (Å²) < 4.78 is 13.1. The van der Waals surface area contributed by atoms with Gasteiger partial charge in [-0.1, -0.05) is 13.8 Å². The van der Waals surface area contributed by atoms with Crippen LogP contribution in [0.5, 0.6) is 0 Å². The van der Waals surface area contributed by atoms with E-state index >= 15 is 0 Å². The Kier molecular flexibility index (Phi) is 4.91. The summed E-state index contributed by atoms with van der Waals surface area (Å²) in [6.45, 7) is 5.90. The van der Waals surface area contributed by atoms with Gasteiger partial charge in [-0.15, -0.1) is 12.4 Å². The van der Waals surface area contributed by atoms with Crippen LogP contribution in [0, 0.1) is 5.82 Å². The highest BCUT2D eigenvalue weighted by Gasteiger charge is 2.19. The molecule has 1 N–H and O–H groups in total. The number of hydrogen-bond acceptors (Lipinski definition) is 3. The number of halogens is 2. The average Bonchev–Trinajstić information content (AvgIpc) is 2.47. The minimum atomic E-state index is -0.220. The van der Waals surface area contributed by atoms with E-state index in [0.29, 0.717) is 0 Å². The van der Waals surface area contributed by atoms with Gasteiger partial charge in [-0.25, -0.2) is 14.4 Å². The largest absolute Gasteiger partial charge is 0.311 e. The molecule has 0 amide bonds. The Hall–Kier alpha value is -1.52. The number of benzene rings is 1. The predicted octanol–water partition coefficient (Wildman–Crippen LogP) is 3.47. The van der Waals surface area contributed by atoms with Gasteiger partial charge in [-0.05, 0) is 37.2 Å². The second-order valence-electron chi connectivity index (χ2n) is 5.44. The van der Waals surface area contributed by atoms with Crippen molar-refractivity contribution in [2.45, 2.75) is 32.7 Å². The molecule has 1 aromatic carbocycles. The van der Waals surface area contributed by atoms with Gasteiger partial charge >= 0.3 is 0 Å². The summed E-state index contributed by atoms with van der Waals surface area (Å²) in [6.07, 6.45) is 0.917. The molecule has 2 aromatic rings. The highest BCUT2D eigenvalue weighted by atomic mass is 35.5. The van der Waals surface area contributed by atoms with Crippen LogP contribution in [0.4, 0.5) is 4.39 Å². The van der Waals surface area contributed by atoms with Crippen LogP contribution >= 0.6 is 12.4 Å². The molecule has 5 heteroatoms. The third-order valence-electron chi connectivity index (χ3n) is 3.59. The monoisotopic (exact) mass is 307 g/mol. The quantitative estimate of drug-likeness (QED) is 0.923. The molecule has 1 aromatic heterocycles. The first kappa shape index (κ1) is 15.9. The molecular formula is C16H19ClFN3. The normalized spacial score (nSPS) is 13.7. The van der Waals surface area contributed by atoms with Crippen molar-refractivity contribution in [1.82, 2.24) is 15.3 Å². The smallest absolute Gasteiger partial charge is 0.131 e. The zero-order valence-corrected chi connectivity index (χ0v) is 13.0. The molecule has 0 bridgehead atoms. The number of aromatic nitrogens is 2. The van der Waals surface area contributed by atoms with Gasteiger partial charge in [0, 0.05) is 23.6 Å². The Morgan fingerprint density at radius 1 is 1.14 bits per heavy atom. The van der Waals surface area contributed by atoms with E-state index in [1.165, 1.54) is 17.7 Å². The second kappa shape index (κ2) is 6.50. The zero-order chi connectivity index (χ0) is 14.1. The highest BCUT2D eigenvalue weighted by molar-refractivity contribution is 5.85. The molecule has 1 aliphatic rings. The molecule has 0 aliphatic carbocycles.